The van der Waals surface area contributed by atoms with Gasteiger partial charge in [-0.25, -0.2) is 8.78 Å². The lowest BCUT2D eigenvalue weighted by Crippen LogP contribution is -2.32. The van der Waals surface area contributed by atoms with Gasteiger partial charge in [0.05, 0.1) is 0 Å². The van der Waals surface area contributed by atoms with Gasteiger partial charge in [-0.1, -0.05) is 61.5 Å². The van der Waals surface area contributed by atoms with E-state index in [1.807, 2.05) is 0 Å². The van der Waals surface area contributed by atoms with Crippen LogP contribution >= 0.6 is 0 Å². The molecule has 3 heteroatoms. The Morgan fingerprint density at radius 1 is 0.929 bits per heavy atom. The molecule has 1 aliphatic carbocycles. The molecule has 0 spiro atoms. The fourth-order valence-electron chi connectivity index (χ4n) is 4.29. The van der Waals surface area contributed by atoms with E-state index in [9.17, 15) is 8.78 Å². The summed E-state index contributed by atoms with van der Waals surface area (Å²) < 4.78 is 27.0. The molecular weight excluding hydrogens is 352 g/mol. The van der Waals surface area contributed by atoms with Crippen molar-refractivity contribution in [2.45, 2.75) is 76.8 Å². The van der Waals surface area contributed by atoms with Crippen molar-refractivity contribution < 1.29 is 8.78 Å². The molecule has 0 heterocycles. The van der Waals surface area contributed by atoms with Gasteiger partial charge in [-0.2, -0.15) is 0 Å². The Hall–Kier alpha value is -1.74. The second kappa shape index (κ2) is 10.2. The molecule has 152 valence electrons. The van der Waals surface area contributed by atoms with Crippen LogP contribution in [-0.2, 0) is 13.0 Å². The molecule has 2 aromatic rings. The van der Waals surface area contributed by atoms with Gasteiger partial charge in [0.2, 0.25) is 0 Å². The Labute approximate surface area is 168 Å². The number of alkyl halides is 2. The lowest BCUT2D eigenvalue weighted by molar-refractivity contribution is 0.108. The Morgan fingerprint density at radius 3 is 2.29 bits per heavy atom. The van der Waals surface area contributed by atoms with E-state index < -0.39 is 12.3 Å². The van der Waals surface area contributed by atoms with Gasteiger partial charge in [0.15, 0.2) is 0 Å². The standard InChI is InChI=1S/C25H33F2N/c1-3-28(18-21-7-5-4-6-8-21)19(2)9-10-20-11-13-22(14-12-20)23-15-16-24(26)25(27)17-23/h4-8,11-14,19,23-25H,3,9-10,15-18H2,1-2H3. The molecule has 0 N–H and O–H groups in total. The van der Waals surface area contributed by atoms with Crippen molar-refractivity contribution in [2.24, 2.45) is 0 Å². The molecule has 1 aliphatic rings. The van der Waals surface area contributed by atoms with Crippen LogP contribution in [0.5, 0.6) is 0 Å². The first kappa shape index (κ1) is 21.0. The molecule has 1 saturated carbocycles. The summed E-state index contributed by atoms with van der Waals surface area (Å²) in [4.78, 5) is 2.51. The highest BCUT2D eigenvalue weighted by atomic mass is 19.2. The Morgan fingerprint density at radius 2 is 1.64 bits per heavy atom. The van der Waals surface area contributed by atoms with Crippen LogP contribution in [0, 0.1) is 0 Å². The van der Waals surface area contributed by atoms with Gasteiger partial charge < -0.3 is 0 Å². The lowest BCUT2D eigenvalue weighted by atomic mass is 9.82. The van der Waals surface area contributed by atoms with Crippen molar-refractivity contribution in [2.75, 3.05) is 6.54 Å². The van der Waals surface area contributed by atoms with E-state index >= 15 is 0 Å². The van der Waals surface area contributed by atoms with Crippen LogP contribution in [0.2, 0.25) is 0 Å². The predicted octanol–water partition coefficient (Wildman–Crippen LogP) is 6.47. The van der Waals surface area contributed by atoms with Crippen LogP contribution in [0.25, 0.3) is 0 Å². The van der Waals surface area contributed by atoms with Crippen molar-refractivity contribution in [3.8, 4) is 0 Å². The fraction of sp³-hybridized carbons (Fsp3) is 0.520. The first-order chi connectivity index (χ1) is 13.6. The second-order valence-corrected chi connectivity index (χ2v) is 8.22. The second-order valence-electron chi connectivity index (χ2n) is 8.22. The first-order valence-electron chi connectivity index (χ1n) is 10.7. The minimum atomic E-state index is -1.30. The van der Waals surface area contributed by atoms with Gasteiger partial charge in [-0.3, -0.25) is 4.90 Å². The Bertz CT molecular complexity index is 700. The highest BCUT2D eigenvalue weighted by Gasteiger charge is 2.31. The molecule has 3 rings (SSSR count). The molecule has 0 amide bonds. The zero-order valence-corrected chi connectivity index (χ0v) is 17.2. The predicted molar refractivity (Wildman–Crippen MR) is 113 cm³/mol. The van der Waals surface area contributed by atoms with Gasteiger partial charge in [-0.05, 0) is 68.2 Å². The molecule has 2 aromatic carbocycles. The van der Waals surface area contributed by atoms with E-state index in [4.69, 9.17) is 0 Å². The van der Waals surface area contributed by atoms with E-state index in [1.165, 1.54) is 11.1 Å². The van der Waals surface area contributed by atoms with E-state index in [0.717, 1.165) is 37.9 Å². The number of halogens is 2. The molecule has 1 fully saturated rings. The van der Waals surface area contributed by atoms with Gasteiger partial charge >= 0.3 is 0 Å². The van der Waals surface area contributed by atoms with Gasteiger partial charge in [-0.15, -0.1) is 0 Å². The van der Waals surface area contributed by atoms with Crippen LogP contribution in [0.1, 0.15) is 62.1 Å². The van der Waals surface area contributed by atoms with E-state index in [1.54, 1.807) is 0 Å². The maximum absolute atomic E-state index is 13.7. The minimum absolute atomic E-state index is 0.163. The molecule has 0 bridgehead atoms. The first-order valence-corrected chi connectivity index (χ1v) is 10.7. The van der Waals surface area contributed by atoms with E-state index in [2.05, 4.69) is 73.3 Å². The van der Waals surface area contributed by atoms with Crippen LogP contribution in [0.4, 0.5) is 8.78 Å². The van der Waals surface area contributed by atoms with E-state index in [0.29, 0.717) is 18.9 Å². The zero-order valence-electron chi connectivity index (χ0n) is 17.2. The number of aryl methyl sites for hydroxylation is 1. The molecule has 1 nitrogen and oxygen atoms in total. The summed E-state index contributed by atoms with van der Waals surface area (Å²) in [6, 6.07) is 19.7. The number of benzene rings is 2. The summed E-state index contributed by atoms with van der Waals surface area (Å²) in [6.45, 7) is 6.55. The van der Waals surface area contributed by atoms with Crippen LogP contribution in [-0.4, -0.2) is 29.8 Å². The quantitative estimate of drug-likeness (QED) is 0.503. The fourth-order valence-corrected chi connectivity index (χ4v) is 4.29. The summed E-state index contributed by atoms with van der Waals surface area (Å²) in [5.41, 5.74) is 3.84. The van der Waals surface area contributed by atoms with Crippen molar-refractivity contribution >= 4 is 0 Å². The molecule has 0 aromatic heterocycles. The molecule has 28 heavy (non-hydrogen) atoms. The molecule has 0 radical (unpaired) electrons. The molecule has 4 atom stereocenters. The van der Waals surface area contributed by atoms with Gasteiger partial charge in [0, 0.05) is 12.6 Å². The Kier molecular flexibility index (Phi) is 7.61. The maximum atomic E-state index is 13.7. The monoisotopic (exact) mass is 385 g/mol. The third-order valence-corrected chi connectivity index (χ3v) is 6.25. The normalized spacial score (nSPS) is 23.7. The summed E-state index contributed by atoms with van der Waals surface area (Å²) in [5, 5.41) is 0. The summed E-state index contributed by atoms with van der Waals surface area (Å²) in [7, 11) is 0. The number of rotatable bonds is 8. The molecule has 0 aliphatic heterocycles. The topological polar surface area (TPSA) is 3.24 Å². The number of nitrogens with zero attached hydrogens (tertiary/aromatic N) is 1. The van der Waals surface area contributed by atoms with Crippen LogP contribution in [0.3, 0.4) is 0 Å². The highest BCUT2D eigenvalue weighted by molar-refractivity contribution is 5.26. The van der Waals surface area contributed by atoms with E-state index in [-0.39, 0.29) is 5.92 Å². The van der Waals surface area contributed by atoms with Crippen molar-refractivity contribution in [3.63, 3.8) is 0 Å². The highest BCUT2D eigenvalue weighted by Crippen LogP contribution is 2.35. The number of hydrogen-bond donors (Lipinski definition) is 0. The lowest BCUT2D eigenvalue weighted by Gasteiger charge is -2.28. The smallest absolute Gasteiger partial charge is 0.132 e. The average Bonchev–Trinajstić information content (AvgIpc) is 2.73. The maximum Gasteiger partial charge on any atom is 0.132 e. The summed E-state index contributed by atoms with van der Waals surface area (Å²) in [5.74, 6) is 0.163. The van der Waals surface area contributed by atoms with Crippen molar-refractivity contribution in [1.29, 1.82) is 0 Å². The third-order valence-electron chi connectivity index (χ3n) is 6.25. The minimum Gasteiger partial charge on any atom is -0.297 e. The summed E-state index contributed by atoms with van der Waals surface area (Å²) in [6.07, 6.45) is 0.998. The Balaban J connectivity index is 1.51. The largest absolute Gasteiger partial charge is 0.297 e. The van der Waals surface area contributed by atoms with Crippen LogP contribution in [0.15, 0.2) is 54.6 Å². The zero-order chi connectivity index (χ0) is 19.9. The van der Waals surface area contributed by atoms with Crippen LogP contribution < -0.4 is 0 Å². The van der Waals surface area contributed by atoms with Crippen molar-refractivity contribution in [3.05, 3.63) is 71.3 Å². The molecule has 4 unspecified atom stereocenters. The van der Waals surface area contributed by atoms with Gasteiger partial charge in [0.25, 0.3) is 0 Å². The average molecular weight is 386 g/mol. The SMILES string of the molecule is CCN(Cc1ccccc1)C(C)CCc1ccc(C2CCC(F)C(F)C2)cc1. The third kappa shape index (κ3) is 5.64. The number of hydrogen-bond acceptors (Lipinski definition) is 1. The molecule has 0 saturated heterocycles. The summed E-state index contributed by atoms with van der Waals surface area (Å²) >= 11 is 0. The van der Waals surface area contributed by atoms with Gasteiger partial charge in [0.1, 0.15) is 12.3 Å². The van der Waals surface area contributed by atoms with Crippen molar-refractivity contribution in [1.82, 2.24) is 4.90 Å². The molecular formula is C25H33F2N.